The normalized spacial score (nSPS) is 12.7. The molecular weight excluding hydrogens is 243 g/mol. The summed E-state index contributed by atoms with van der Waals surface area (Å²) in [5.74, 6) is -0.242. The standard InChI is InChI=1S/C13H12ClFS/c1-2-9-7-8-12(16-9)13(14)10-5-3-4-6-11(10)15/h3-8,13H,2H2,1H3. The van der Waals surface area contributed by atoms with E-state index in [-0.39, 0.29) is 11.2 Å². The van der Waals surface area contributed by atoms with Crippen LogP contribution in [-0.4, -0.2) is 0 Å². The molecule has 0 radical (unpaired) electrons. The molecule has 1 aromatic heterocycles. The summed E-state index contributed by atoms with van der Waals surface area (Å²) < 4.78 is 13.5. The van der Waals surface area contributed by atoms with Crippen molar-refractivity contribution < 1.29 is 4.39 Å². The molecule has 0 fully saturated rings. The monoisotopic (exact) mass is 254 g/mol. The molecule has 0 saturated heterocycles. The first-order chi connectivity index (χ1) is 7.72. The molecule has 2 aromatic rings. The predicted octanol–water partition coefficient (Wildman–Crippen LogP) is 4.78. The van der Waals surface area contributed by atoms with Crippen LogP contribution in [-0.2, 0) is 6.42 Å². The summed E-state index contributed by atoms with van der Waals surface area (Å²) in [5.41, 5.74) is 0.550. The summed E-state index contributed by atoms with van der Waals surface area (Å²) in [6.45, 7) is 2.10. The van der Waals surface area contributed by atoms with Crippen molar-refractivity contribution in [1.82, 2.24) is 0 Å². The van der Waals surface area contributed by atoms with Gasteiger partial charge in [-0.05, 0) is 24.6 Å². The van der Waals surface area contributed by atoms with Gasteiger partial charge in [-0.15, -0.1) is 22.9 Å². The van der Waals surface area contributed by atoms with Gasteiger partial charge in [0.15, 0.2) is 0 Å². The fraction of sp³-hybridized carbons (Fsp3) is 0.231. The Morgan fingerprint density at radius 3 is 2.62 bits per heavy atom. The van der Waals surface area contributed by atoms with E-state index in [4.69, 9.17) is 11.6 Å². The van der Waals surface area contributed by atoms with Gasteiger partial charge in [-0.1, -0.05) is 25.1 Å². The summed E-state index contributed by atoms with van der Waals surface area (Å²) in [5, 5.41) is -0.383. The number of thiophene rings is 1. The maximum atomic E-state index is 13.5. The highest BCUT2D eigenvalue weighted by Crippen LogP contribution is 2.34. The molecule has 0 nitrogen and oxygen atoms in total. The molecule has 0 amide bonds. The summed E-state index contributed by atoms with van der Waals surface area (Å²) >= 11 is 7.92. The number of rotatable bonds is 3. The highest BCUT2D eigenvalue weighted by atomic mass is 35.5. The van der Waals surface area contributed by atoms with Gasteiger partial charge in [0.1, 0.15) is 5.82 Å². The lowest BCUT2D eigenvalue weighted by atomic mass is 10.1. The van der Waals surface area contributed by atoms with Crippen molar-refractivity contribution in [1.29, 1.82) is 0 Å². The molecule has 1 aromatic carbocycles. The van der Waals surface area contributed by atoms with Crippen LogP contribution in [0.5, 0.6) is 0 Å². The minimum atomic E-state index is -0.383. The smallest absolute Gasteiger partial charge is 0.128 e. The van der Waals surface area contributed by atoms with Crippen molar-refractivity contribution in [3.05, 3.63) is 57.5 Å². The van der Waals surface area contributed by atoms with Crippen molar-refractivity contribution >= 4 is 22.9 Å². The van der Waals surface area contributed by atoms with Crippen LogP contribution in [0.15, 0.2) is 36.4 Å². The average Bonchev–Trinajstić information content (AvgIpc) is 2.77. The summed E-state index contributed by atoms with van der Waals surface area (Å²) in [6, 6.07) is 10.7. The predicted molar refractivity (Wildman–Crippen MR) is 67.8 cm³/mol. The molecular formula is C13H12ClFS. The van der Waals surface area contributed by atoms with E-state index in [0.29, 0.717) is 5.56 Å². The van der Waals surface area contributed by atoms with Crippen molar-refractivity contribution in [3.63, 3.8) is 0 Å². The first kappa shape index (κ1) is 11.6. The lowest BCUT2D eigenvalue weighted by Gasteiger charge is -2.08. The molecule has 16 heavy (non-hydrogen) atoms. The lowest BCUT2D eigenvalue weighted by molar-refractivity contribution is 0.613. The first-order valence-corrected chi connectivity index (χ1v) is 6.44. The Hall–Kier alpha value is -0.860. The average molecular weight is 255 g/mol. The van der Waals surface area contributed by atoms with Gasteiger partial charge in [-0.2, -0.15) is 0 Å². The van der Waals surface area contributed by atoms with Gasteiger partial charge >= 0.3 is 0 Å². The van der Waals surface area contributed by atoms with Gasteiger partial charge in [-0.3, -0.25) is 0 Å². The Labute approximate surface area is 104 Å². The number of benzene rings is 1. The van der Waals surface area contributed by atoms with Crippen molar-refractivity contribution in [2.24, 2.45) is 0 Å². The summed E-state index contributed by atoms with van der Waals surface area (Å²) in [7, 11) is 0. The van der Waals surface area contributed by atoms with Crippen LogP contribution in [0.25, 0.3) is 0 Å². The van der Waals surface area contributed by atoms with E-state index in [0.717, 1.165) is 11.3 Å². The van der Waals surface area contributed by atoms with Gasteiger partial charge in [0, 0.05) is 15.3 Å². The van der Waals surface area contributed by atoms with E-state index in [1.54, 1.807) is 23.5 Å². The molecule has 0 aliphatic carbocycles. The zero-order valence-electron chi connectivity index (χ0n) is 8.91. The summed E-state index contributed by atoms with van der Waals surface area (Å²) in [4.78, 5) is 2.28. The zero-order chi connectivity index (χ0) is 11.5. The van der Waals surface area contributed by atoms with Crippen molar-refractivity contribution in [2.45, 2.75) is 18.7 Å². The quantitative estimate of drug-likeness (QED) is 0.692. The van der Waals surface area contributed by atoms with Gasteiger partial charge < -0.3 is 0 Å². The second-order valence-corrected chi connectivity index (χ2v) is 5.18. The molecule has 1 heterocycles. The molecule has 3 heteroatoms. The Bertz CT molecular complexity index is 478. The molecule has 1 atom stereocenters. The number of hydrogen-bond acceptors (Lipinski definition) is 1. The maximum Gasteiger partial charge on any atom is 0.128 e. The Balaban J connectivity index is 2.31. The molecule has 0 saturated carbocycles. The van der Waals surface area contributed by atoms with Gasteiger partial charge in [0.2, 0.25) is 0 Å². The van der Waals surface area contributed by atoms with E-state index in [1.165, 1.54) is 10.9 Å². The number of hydrogen-bond donors (Lipinski definition) is 0. The van der Waals surface area contributed by atoms with Crippen LogP contribution in [0.2, 0.25) is 0 Å². The molecule has 2 rings (SSSR count). The van der Waals surface area contributed by atoms with Crippen LogP contribution >= 0.6 is 22.9 Å². The number of halogens is 2. The minimum absolute atomic E-state index is 0.242. The Morgan fingerprint density at radius 2 is 2.00 bits per heavy atom. The fourth-order valence-corrected chi connectivity index (χ4v) is 2.89. The largest absolute Gasteiger partial charge is 0.207 e. The number of aryl methyl sites for hydroxylation is 1. The Morgan fingerprint density at radius 1 is 1.25 bits per heavy atom. The van der Waals surface area contributed by atoms with E-state index in [1.807, 2.05) is 12.1 Å². The molecule has 0 N–H and O–H groups in total. The topological polar surface area (TPSA) is 0 Å². The van der Waals surface area contributed by atoms with E-state index < -0.39 is 0 Å². The number of alkyl halides is 1. The third-order valence-electron chi connectivity index (χ3n) is 2.46. The second kappa shape index (κ2) is 4.98. The summed E-state index contributed by atoms with van der Waals surface area (Å²) in [6.07, 6.45) is 0.992. The molecule has 0 bridgehead atoms. The van der Waals surface area contributed by atoms with E-state index in [9.17, 15) is 4.39 Å². The lowest BCUT2D eigenvalue weighted by Crippen LogP contribution is -1.93. The van der Waals surface area contributed by atoms with Crippen LogP contribution in [0, 0.1) is 5.82 Å². The molecule has 1 unspecified atom stereocenters. The highest BCUT2D eigenvalue weighted by Gasteiger charge is 2.16. The van der Waals surface area contributed by atoms with Crippen LogP contribution in [0.1, 0.15) is 27.6 Å². The van der Waals surface area contributed by atoms with Gasteiger partial charge in [-0.25, -0.2) is 4.39 Å². The Kier molecular flexibility index (Phi) is 3.62. The first-order valence-electron chi connectivity index (χ1n) is 5.19. The van der Waals surface area contributed by atoms with E-state index >= 15 is 0 Å². The molecule has 0 aliphatic rings. The van der Waals surface area contributed by atoms with Gasteiger partial charge in [0.05, 0.1) is 5.38 Å². The van der Waals surface area contributed by atoms with Crippen LogP contribution in [0.4, 0.5) is 4.39 Å². The van der Waals surface area contributed by atoms with Gasteiger partial charge in [0.25, 0.3) is 0 Å². The van der Waals surface area contributed by atoms with Crippen molar-refractivity contribution in [3.8, 4) is 0 Å². The van der Waals surface area contributed by atoms with Crippen molar-refractivity contribution in [2.75, 3.05) is 0 Å². The molecule has 0 aliphatic heterocycles. The third kappa shape index (κ3) is 2.28. The molecule has 84 valence electrons. The zero-order valence-corrected chi connectivity index (χ0v) is 10.5. The second-order valence-electron chi connectivity index (χ2n) is 3.54. The third-order valence-corrected chi connectivity index (χ3v) is 4.35. The fourth-order valence-electron chi connectivity index (χ4n) is 1.55. The van der Waals surface area contributed by atoms with Crippen LogP contribution < -0.4 is 0 Å². The van der Waals surface area contributed by atoms with Crippen LogP contribution in [0.3, 0.4) is 0 Å². The minimum Gasteiger partial charge on any atom is -0.207 e. The SMILES string of the molecule is CCc1ccc(C(Cl)c2ccccc2F)s1. The molecule has 0 spiro atoms. The maximum absolute atomic E-state index is 13.5. The van der Waals surface area contributed by atoms with E-state index in [2.05, 4.69) is 13.0 Å². The highest BCUT2D eigenvalue weighted by molar-refractivity contribution is 7.12.